The average molecular weight is 294 g/mol. The van der Waals surface area contributed by atoms with Crippen molar-refractivity contribution in [3.8, 4) is 0 Å². The van der Waals surface area contributed by atoms with Gasteiger partial charge in [-0.2, -0.15) is 0 Å². The molecule has 0 bridgehead atoms. The van der Waals surface area contributed by atoms with Crippen molar-refractivity contribution < 1.29 is 9.59 Å². The number of benzene rings is 2. The normalized spacial score (nSPS) is 10.9. The molecule has 112 valence electrons. The number of nitrogens with one attached hydrogen (secondary N) is 2. The average Bonchev–Trinajstić information content (AvgIpc) is 2.54. The Morgan fingerprint density at radius 2 is 1.55 bits per heavy atom. The van der Waals surface area contributed by atoms with E-state index in [9.17, 15) is 9.59 Å². The highest BCUT2D eigenvalue weighted by atomic mass is 16.2. The Balaban J connectivity index is 1.84. The summed E-state index contributed by atoms with van der Waals surface area (Å²) in [5, 5.41) is 5.32. The van der Waals surface area contributed by atoms with Crippen LogP contribution in [0, 0.1) is 0 Å². The molecule has 0 heterocycles. The van der Waals surface area contributed by atoms with E-state index in [1.807, 2.05) is 48.5 Å². The minimum atomic E-state index is -0.257. The molecule has 4 nitrogen and oxygen atoms in total. The smallest absolute Gasteiger partial charge is 0.247 e. The zero-order valence-corrected chi connectivity index (χ0v) is 12.4. The molecule has 0 atom stereocenters. The molecular weight excluding hydrogens is 276 g/mol. The second-order valence-electron chi connectivity index (χ2n) is 4.83. The van der Waals surface area contributed by atoms with Crippen LogP contribution in [0.1, 0.15) is 12.5 Å². The molecule has 0 unspecified atom stereocenters. The molecule has 2 N–H and O–H groups in total. The van der Waals surface area contributed by atoms with Crippen LogP contribution in [-0.2, 0) is 9.59 Å². The minimum absolute atomic E-state index is 0.0618. The van der Waals surface area contributed by atoms with E-state index in [2.05, 4.69) is 10.6 Å². The van der Waals surface area contributed by atoms with E-state index in [4.69, 9.17) is 0 Å². The Kier molecular flexibility index (Phi) is 5.49. The highest BCUT2D eigenvalue weighted by Crippen LogP contribution is 2.06. The van der Waals surface area contributed by atoms with Gasteiger partial charge >= 0.3 is 0 Å². The van der Waals surface area contributed by atoms with Crippen molar-refractivity contribution in [2.24, 2.45) is 0 Å². The highest BCUT2D eigenvalue weighted by Gasteiger charge is 2.07. The van der Waals surface area contributed by atoms with Crippen LogP contribution in [0.2, 0.25) is 0 Å². The Bertz CT molecular complexity index is 664. The lowest BCUT2D eigenvalue weighted by molar-refractivity contribution is -0.121. The first-order valence-electron chi connectivity index (χ1n) is 7.01. The Labute approximate surface area is 129 Å². The van der Waals surface area contributed by atoms with E-state index < -0.39 is 0 Å². The lowest BCUT2D eigenvalue weighted by atomic mass is 10.1. The number of para-hydroxylation sites is 1. The topological polar surface area (TPSA) is 58.2 Å². The van der Waals surface area contributed by atoms with Crippen molar-refractivity contribution in [1.82, 2.24) is 5.32 Å². The summed E-state index contributed by atoms with van der Waals surface area (Å²) in [6.07, 6.45) is 1.78. The molecule has 0 aromatic heterocycles. The van der Waals surface area contributed by atoms with Gasteiger partial charge in [-0.05, 0) is 30.7 Å². The monoisotopic (exact) mass is 294 g/mol. The summed E-state index contributed by atoms with van der Waals surface area (Å²) in [5.41, 5.74) is 2.21. The number of hydrogen-bond donors (Lipinski definition) is 2. The number of carbonyl (C=O) groups is 2. The van der Waals surface area contributed by atoms with Crippen molar-refractivity contribution >= 4 is 23.6 Å². The Morgan fingerprint density at radius 1 is 0.955 bits per heavy atom. The van der Waals surface area contributed by atoms with Gasteiger partial charge in [0.1, 0.15) is 0 Å². The zero-order valence-electron chi connectivity index (χ0n) is 12.4. The fourth-order valence-electron chi connectivity index (χ4n) is 1.89. The number of carbonyl (C=O) groups excluding carboxylic acids is 2. The van der Waals surface area contributed by atoms with Crippen LogP contribution in [0.25, 0.3) is 6.08 Å². The van der Waals surface area contributed by atoms with Crippen LogP contribution in [0.5, 0.6) is 0 Å². The van der Waals surface area contributed by atoms with Crippen molar-refractivity contribution in [1.29, 1.82) is 0 Å². The molecule has 0 saturated heterocycles. The Hall–Kier alpha value is -2.88. The van der Waals surface area contributed by atoms with Crippen molar-refractivity contribution in [3.05, 3.63) is 71.8 Å². The maximum atomic E-state index is 11.9. The van der Waals surface area contributed by atoms with Gasteiger partial charge in [-0.3, -0.25) is 9.59 Å². The van der Waals surface area contributed by atoms with E-state index in [1.165, 1.54) is 0 Å². The van der Waals surface area contributed by atoms with E-state index in [0.29, 0.717) is 11.3 Å². The number of hydrogen-bond acceptors (Lipinski definition) is 2. The van der Waals surface area contributed by atoms with Gasteiger partial charge in [0, 0.05) is 11.3 Å². The predicted molar refractivity (Wildman–Crippen MR) is 88.2 cm³/mol. The number of anilines is 1. The molecule has 0 aliphatic carbocycles. The molecule has 0 spiro atoms. The van der Waals surface area contributed by atoms with E-state index in [1.54, 1.807) is 25.1 Å². The summed E-state index contributed by atoms with van der Waals surface area (Å²) in [4.78, 5) is 23.7. The number of rotatable bonds is 5. The molecule has 0 radical (unpaired) electrons. The summed E-state index contributed by atoms with van der Waals surface area (Å²) >= 11 is 0. The van der Waals surface area contributed by atoms with Gasteiger partial charge in [0.15, 0.2) is 0 Å². The van der Waals surface area contributed by atoms with E-state index >= 15 is 0 Å². The summed E-state index contributed by atoms with van der Waals surface area (Å²) in [6, 6.07) is 18.7. The van der Waals surface area contributed by atoms with Crippen LogP contribution < -0.4 is 10.6 Å². The first-order chi connectivity index (χ1) is 10.6. The lowest BCUT2D eigenvalue weighted by Gasteiger charge is -2.07. The lowest BCUT2D eigenvalue weighted by Crippen LogP contribution is -2.33. The van der Waals surface area contributed by atoms with Crippen LogP contribution in [0.4, 0.5) is 5.69 Å². The number of amides is 2. The third kappa shape index (κ3) is 4.90. The van der Waals surface area contributed by atoms with Crippen molar-refractivity contribution in [3.63, 3.8) is 0 Å². The van der Waals surface area contributed by atoms with Gasteiger partial charge in [0.05, 0.1) is 6.54 Å². The van der Waals surface area contributed by atoms with Gasteiger partial charge in [-0.15, -0.1) is 0 Å². The maximum Gasteiger partial charge on any atom is 0.247 e. The third-order valence-electron chi connectivity index (χ3n) is 3.01. The van der Waals surface area contributed by atoms with Crippen LogP contribution in [0.3, 0.4) is 0 Å². The Morgan fingerprint density at radius 3 is 2.18 bits per heavy atom. The molecule has 2 amide bonds. The molecule has 0 fully saturated rings. The fourth-order valence-corrected chi connectivity index (χ4v) is 1.89. The molecule has 4 heteroatoms. The molecular formula is C18H18N2O2. The van der Waals surface area contributed by atoms with Gasteiger partial charge in [-0.1, -0.05) is 48.5 Å². The van der Waals surface area contributed by atoms with Gasteiger partial charge < -0.3 is 10.6 Å². The molecule has 22 heavy (non-hydrogen) atoms. The molecule has 2 aromatic carbocycles. The second-order valence-corrected chi connectivity index (χ2v) is 4.83. The SMILES string of the molecule is C/C(=C\c1ccccc1)C(=O)NCC(=O)Nc1ccccc1. The third-order valence-corrected chi connectivity index (χ3v) is 3.01. The summed E-state index contributed by atoms with van der Waals surface area (Å²) in [6.45, 7) is 1.66. The minimum Gasteiger partial charge on any atom is -0.343 e. The summed E-state index contributed by atoms with van der Waals surface area (Å²) < 4.78 is 0. The van der Waals surface area contributed by atoms with Crippen LogP contribution >= 0.6 is 0 Å². The van der Waals surface area contributed by atoms with Gasteiger partial charge in [0.25, 0.3) is 0 Å². The molecule has 0 aliphatic heterocycles. The van der Waals surface area contributed by atoms with Gasteiger partial charge in [-0.25, -0.2) is 0 Å². The van der Waals surface area contributed by atoms with E-state index in [-0.39, 0.29) is 18.4 Å². The highest BCUT2D eigenvalue weighted by molar-refractivity contribution is 6.00. The van der Waals surface area contributed by atoms with E-state index in [0.717, 1.165) is 5.56 Å². The molecule has 2 aromatic rings. The van der Waals surface area contributed by atoms with Crippen LogP contribution in [-0.4, -0.2) is 18.4 Å². The molecule has 2 rings (SSSR count). The van der Waals surface area contributed by atoms with Crippen molar-refractivity contribution in [2.75, 3.05) is 11.9 Å². The van der Waals surface area contributed by atoms with Gasteiger partial charge in [0.2, 0.25) is 11.8 Å². The molecule has 0 aliphatic rings. The quantitative estimate of drug-likeness (QED) is 0.833. The summed E-state index contributed by atoms with van der Waals surface area (Å²) in [5.74, 6) is -0.515. The first-order valence-corrected chi connectivity index (χ1v) is 7.01. The zero-order chi connectivity index (χ0) is 15.8. The fraction of sp³-hybridized carbons (Fsp3) is 0.111. The maximum absolute atomic E-state index is 11.9. The van der Waals surface area contributed by atoms with Crippen molar-refractivity contribution in [2.45, 2.75) is 6.92 Å². The standard InChI is InChI=1S/C18H18N2O2/c1-14(12-15-8-4-2-5-9-15)18(22)19-13-17(21)20-16-10-6-3-7-11-16/h2-12H,13H2,1H3,(H,19,22)(H,20,21)/b14-12+. The summed E-state index contributed by atoms with van der Waals surface area (Å²) in [7, 11) is 0. The predicted octanol–water partition coefficient (Wildman–Crippen LogP) is 2.84. The second kappa shape index (κ2) is 7.78. The largest absolute Gasteiger partial charge is 0.343 e. The van der Waals surface area contributed by atoms with Crippen LogP contribution in [0.15, 0.2) is 66.2 Å². The first kappa shape index (κ1) is 15.5. The molecule has 0 saturated carbocycles.